The molecule has 11 heteroatoms. The number of hydrogen-bond donors (Lipinski definition) is 0. The van der Waals surface area contributed by atoms with Gasteiger partial charge < -0.3 is 14.2 Å². The Bertz CT molecular complexity index is 1090. The van der Waals surface area contributed by atoms with Gasteiger partial charge in [0.05, 0.1) is 42.9 Å². The van der Waals surface area contributed by atoms with Crippen LogP contribution in [-0.2, 0) is 9.53 Å². The van der Waals surface area contributed by atoms with Gasteiger partial charge in [0.1, 0.15) is 17.0 Å². The van der Waals surface area contributed by atoms with Crippen molar-refractivity contribution in [3.63, 3.8) is 0 Å². The summed E-state index contributed by atoms with van der Waals surface area (Å²) in [5, 5.41) is 1.23. The number of amides is 1. The maximum absolute atomic E-state index is 13.4. The summed E-state index contributed by atoms with van der Waals surface area (Å²) in [6, 6.07) is 11.3. The first kappa shape index (κ1) is 26.8. The zero-order valence-electron chi connectivity index (χ0n) is 19.0. The van der Waals surface area contributed by atoms with E-state index in [1.807, 2.05) is 24.3 Å². The largest absolute Gasteiger partial charge is 0.497 e. The number of fused-ring (bicyclic) bond motifs is 1. The van der Waals surface area contributed by atoms with Crippen LogP contribution in [0.1, 0.15) is 0 Å². The van der Waals surface area contributed by atoms with Gasteiger partial charge in [-0.15, -0.1) is 24.2 Å². The minimum Gasteiger partial charge on any atom is -0.497 e. The molecule has 0 N–H and O–H groups in total. The second-order valence-corrected chi connectivity index (χ2v) is 9.82. The van der Waals surface area contributed by atoms with Gasteiger partial charge in [0.15, 0.2) is 5.13 Å². The van der Waals surface area contributed by atoms with E-state index in [9.17, 15) is 4.79 Å². The molecule has 0 unspecified atom stereocenters. The molecule has 0 spiro atoms. The number of anilines is 1. The first-order chi connectivity index (χ1) is 16.1. The highest BCUT2D eigenvalue weighted by Crippen LogP contribution is 2.39. The molecule has 1 aliphatic rings. The van der Waals surface area contributed by atoms with Crippen molar-refractivity contribution in [2.75, 3.05) is 64.3 Å². The van der Waals surface area contributed by atoms with Crippen LogP contribution in [0.3, 0.4) is 0 Å². The number of thioether (sulfide) groups is 1. The van der Waals surface area contributed by atoms with Crippen LogP contribution in [0.4, 0.5) is 5.13 Å². The number of ether oxygens (including phenoxy) is 3. The molecular weight excluding hydrogens is 517 g/mol. The number of carbonyl (C=O) groups excluding carboxylic acids is 1. The third-order valence-electron chi connectivity index (χ3n) is 5.36. The highest BCUT2D eigenvalue weighted by Gasteiger charge is 2.23. The lowest BCUT2D eigenvalue weighted by Gasteiger charge is -2.29. The van der Waals surface area contributed by atoms with Crippen LogP contribution in [0.25, 0.3) is 10.2 Å². The fourth-order valence-electron chi connectivity index (χ4n) is 3.51. The van der Waals surface area contributed by atoms with Crippen LogP contribution < -0.4 is 14.4 Å². The van der Waals surface area contributed by atoms with Crippen molar-refractivity contribution in [2.45, 2.75) is 4.90 Å². The van der Waals surface area contributed by atoms with Crippen molar-refractivity contribution >= 4 is 68.4 Å². The number of methoxy groups -OCH3 is 2. The Morgan fingerprint density at radius 3 is 2.59 bits per heavy atom. The molecule has 4 rings (SSSR count). The summed E-state index contributed by atoms with van der Waals surface area (Å²) >= 11 is 9.33. The number of benzene rings is 2. The molecule has 0 bridgehead atoms. The van der Waals surface area contributed by atoms with Crippen molar-refractivity contribution in [3.05, 3.63) is 41.4 Å². The molecular formula is C23H27Cl2N3O4S2. The summed E-state index contributed by atoms with van der Waals surface area (Å²) in [4.78, 5) is 23.2. The Morgan fingerprint density at radius 1 is 1.18 bits per heavy atom. The summed E-state index contributed by atoms with van der Waals surface area (Å²) in [6.45, 7) is 4.46. The van der Waals surface area contributed by atoms with Gasteiger partial charge in [0.25, 0.3) is 0 Å². The van der Waals surface area contributed by atoms with Crippen LogP contribution in [0.2, 0.25) is 5.02 Å². The van der Waals surface area contributed by atoms with Gasteiger partial charge in [-0.25, -0.2) is 4.98 Å². The predicted molar refractivity (Wildman–Crippen MR) is 142 cm³/mol. The first-order valence-corrected chi connectivity index (χ1v) is 12.8. The van der Waals surface area contributed by atoms with E-state index < -0.39 is 0 Å². The number of halogens is 2. The topological polar surface area (TPSA) is 64.1 Å². The second kappa shape index (κ2) is 12.8. The van der Waals surface area contributed by atoms with Gasteiger partial charge >= 0.3 is 0 Å². The predicted octanol–water partition coefficient (Wildman–Crippen LogP) is 4.85. The van der Waals surface area contributed by atoms with Crippen molar-refractivity contribution in [1.29, 1.82) is 0 Å². The van der Waals surface area contributed by atoms with Gasteiger partial charge in [-0.3, -0.25) is 14.6 Å². The summed E-state index contributed by atoms with van der Waals surface area (Å²) in [7, 11) is 3.24. The highest BCUT2D eigenvalue weighted by molar-refractivity contribution is 8.00. The highest BCUT2D eigenvalue weighted by atomic mass is 35.5. The number of thiazole rings is 1. The van der Waals surface area contributed by atoms with Crippen LogP contribution in [0.5, 0.6) is 11.5 Å². The fourth-order valence-corrected chi connectivity index (χ4v) is 5.58. The molecule has 0 aliphatic carbocycles. The van der Waals surface area contributed by atoms with Crippen LogP contribution in [-0.4, -0.2) is 75.2 Å². The lowest BCUT2D eigenvalue weighted by molar-refractivity contribution is -0.116. The van der Waals surface area contributed by atoms with Gasteiger partial charge in [0, 0.05) is 31.1 Å². The average molecular weight is 545 g/mol. The third kappa shape index (κ3) is 6.47. The molecule has 0 saturated carbocycles. The van der Waals surface area contributed by atoms with E-state index in [1.54, 1.807) is 31.3 Å². The Balaban J connectivity index is 0.00000324. The molecule has 1 aromatic heterocycles. The molecule has 3 aromatic rings. The standard InChI is InChI=1S/C23H26ClN3O4S2.ClH/c1-29-16-3-5-17(6-4-16)32-15-20(28)27(10-9-26-11-13-31-14-12-26)23-25-21-19(30-2)8-7-18(24)22(21)33-23;/h3-8H,9-15H2,1-2H3;1H. The fraction of sp³-hybridized carbons (Fsp3) is 0.391. The average Bonchev–Trinajstić information content (AvgIpc) is 3.30. The number of carbonyl (C=O) groups is 1. The lowest BCUT2D eigenvalue weighted by Crippen LogP contribution is -2.43. The zero-order valence-corrected chi connectivity index (χ0v) is 22.2. The second-order valence-electron chi connectivity index (χ2n) is 7.39. The molecule has 2 heterocycles. The number of nitrogens with zero attached hydrogens (tertiary/aromatic N) is 3. The molecule has 184 valence electrons. The normalized spacial score (nSPS) is 14.0. The SMILES string of the molecule is COc1ccc(SCC(=O)N(CCN2CCOCC2)c2nc3c(OC)ccc(Cl)c3s2)cc1.Cl. The smallest absolute Gasteiger partial charge is 0.239 e. The molecule has 1 amide bonds. The van der Waals surface area contributed by atoms with Gasteiger partial charge in [0.2, 0.25) is 5.91 Å². The van der Waals surface area contributed by atoms with Crippen molar-refractivity contribution < 1.29 is 19.0 Å². The quantitative estimate of drug-likeness (QED) is 0.357. The van der Waals surface area contributed by atoms with Crippen molar-refractivity contribution in [1.82, 2.24) is 9.88 Å². The maximum atomic E-state index is 13.4. The molecule has 1 aliphatic heterocycles. The van der Waals surface area contributed by atoms with Gasteiger partial charge in [-0.1, -0.05) is 22.9 Å². The Hall–Kier alpha value is -1.75. The lowest BCUT2D eigenvalue weighted by atomic mass is 10.3. The number of morpholine rings is 1. The van der Waals surface area contributed by atoms with Gasteiger partial charge in [-0.2, -0.15) is 0 Å². The molecule has 1 fully saturated rings. The van der Waals surface area contributed by atoms with Crippen LogP contribution in [0, 0.1) is 0 Å². The molecule has 34 heavy (non-hydrogen) atoms. The van der Waals surface area contributed by atoms with Gasteiger partial charge in [-0.05, 0) is 36.4 Å². The van der Waals surface area contributed by atoms with E-state index in [0.717, 1.165) is 48.2 Å². The number of hydrogen-bond acceptors (Lipinski definition) is 8. The monoisotopic (exact) mass is 543 g/mol. The van der Waals surface area contributed by atoms with Crippen LogP contribution in [0.15, 0.2) is 41.3 Å². The molecule has 2 aromatic carbocycles. The van der Waals surface area contributed by atoms with Crippen molar-refractivity contribution in [2.24, 2.45) is 0 Å². The summed E-state index contributed by atoms with van der Waals surface area (Å²) in [5.74, 6) is 1.73. The maximum Gasteiger partial charge on any atom is 0.239 e. The van der Waals surface area contributed by atoms with Crippen LogP contribution >= 0.6 is 47.1 Å². The minimum atomic E-state index is -0.00165. The number of rotatable bonds is 9. The Morgan fingerprint density at radius 2 is 1.91 bits per heavy atom. The zero-order chi connectivity index (χ0) is 23.2. The van der Waals surface area contributed by atoms with E-state index >= 15 is 0 Å². The molecule has 0 atom stereocenters. The first-order valence-electron chi connectivity index (χ1n) is 10.6. The van der Waals surface area contributed by atoms with E-state index in [-0.39, 0.29) is 18.3 Å². The Kier molecular flexibility index (Phi) is 10.1. The van der Waals surface area contributed by atoms with Crippen molar-refractivity contribution in [3.8, 4) is 11.5 Å². The van der Waals surface area contributed by atoms with E-state index in [4.69, 9.17) is 30.8 Å². The third-order valence-corrected chi connectivity index (χ3v) is 7.90. The van der Waals surface area contributed by atoms with E-state index in [0.29, 0.717) is 33.7 Å². The van der Waals surface area contributed by atoms with E-state index in [2.05, 4.69) is 4.90 Å². The minimum absolute atomic E-state index is 0. The summed E-state index contributed by atoms with van der Waals surface area (Å²) < 4.78 is 16.9. The molecule has 0 radical (unpaired) electrons. The van der Waals surface area contributed by atoms with E-state index in [1.165, 1.54) is 23.1 Å². The molecule has 1 saturated heterocycles. The molecule has 7 nitrogen and oxygen atoms in total. The summed E-state index contributed by atoms with van der Waals surface area (Å²) in [5.41, 5.74) is 0.678. The Labute approximate surface area is 218 Å². The number of aromatic nitrogens is 1. The summed E-state index contributed by atoms with van der Waals surface area (Å²) in [6.07, 6.45) is 0.